The first-order valence-electron chi connectivity index (χ1n) is 12.3. The van der Waals surface area contributed by atoms with E-state index in [2.05, 4.69) is 60.8 Å². The first-order valence-corrected chi connectivity index (χ1v) is 12.3. The summed E-state index contributed by atoms with van der Waals surface area (Å²) in [4.78, 5) is 29.6. The van der Waals surface area contributed by atoms with E-state index in [1.165, 1.54) is 42.4 Å². The highest BCUT2D eigenvalue weighted by molar-refractivity contribution is 5.97. The number of nitrogens with zero attached hydrogens (tertiary/aromatic N) is 1. The topological polar surface area (TPSA) is 49.4 Å². The van der Waals surface area contributed by atoms with Crippen molar-refractivity contribution < 1.29 is 9.59 Å². The summed E-state index contributed by atoms with van der Waals surface area (Å²) in [5.41, 5.74) is 4.95. The fourth-order valence-corrected chi connectivity index (χ4v) is 6.33. The second-order valence-electron chi connectivity index (χ2n) is 10.6. The van der Waals surface area contributed by atoms with Crippen LogP contribution in [0, 0.1) is 30.6 Å². The van der Waals surface area contributed by atoms with Crippen LogP contribution >= 0.6 is 0 Å². The van der Waals surface area contributed by atoms with Gasteiger partial charge in [-0.15, -0.1) is 0 Å². The zero-order valence-corrected chi connectivity index (χ0v) is 18.8. The van der Waals surface area contributed by atoms with E-state index in [1.54, 1.807) is 0 Å². The minimum Gasteiger partial charge on any atom is -0.342 e. The monoisotopic (exact) mass is 428 g/mol. The molecule has 32 heavy (non-hydrogen) atoms. The van der Waals surface area contributed by atoms with Crippen LogP contribution in [0.2, 0.25) is 0 Å². The predicted molar refractivity (Wildman–Crippen MR) is 124 cm³/mol. The molecule has 3 aliphatic carbocycles. The molecule has 1 saturated heterocycles. The maximum absolute atomic E-state index is 14.0. The van der Waals surface area contributed by atoms with Gasteiger partial charge >= 0.3 is 0 Å². The van der Waals surface area contributed by atoms with Crippen molar-refractivity contribution in [1.82, 2.24) is 10.2 Å². The van der Waals surface area contributed by atoms with E-state index in [9.17, 15) is 9.59 Å². The molecule has 0 aromatic heterocycles. The summed E-state index contributed by atoms with van der Waals surface area (Å²) in [5, 5.41) is 3.24. The SMILES string of the molecule is Cc1cccc(CN2C(=O)[C@@H](C3Cc4ccccc4C3)NC(=O)[C@H]2C(C2CC2)C2CC2)c1. The van der Waals surface area contributed by atoms with E-state index >= 15 is 0 Å². The maximum Gasteiger partial charge on any atom is 0.246 e. The largest absolute Gasteiger partial charge is 0.342 e. The third-order valence-electron chi connectivity index (χ3n) is 8.14. The van der Waals surface area contributed by atoms with Crippen molar-refractivity contribution in [2.45, 2.75) is 64.1 Å². The number of amides is 2. The van der Waals surface area contributed by atoms with Crippen molar-refractivity contribution in [3.63, 3.8) is 0 Å². The molecule has 1 heterocycles. The average Bonchev–Trinajstić information content (AvgIpc) is 3.71. The van der Waals surface area contributed by atoms with Crippen LogP contribution < -0.4 is 5.32 Å². The van der Waals surface area contributed by atoms with Gasteiger partial charge in [-0.3, -0.25) is 9.59 Å². The van der Waals surface area contributed by atoms with Gasteiger partial charge in [-0.25, -0.2) is 0 Å². The van der Waals surface area contributed by atoms with Crippen LogP contribution in [0.4, 0.5) is 0 Å². The van der Waals surface area contributed by atoms with E-state index < -0.39 is 6.04 Å². The Morgan fingerprint density at radius 3 is 2.19 bits per heavy atom. The molecule has 0 unspecified atom stereocenters. The molecule has 0 spiro atoms. The van der Waals surface area contributed by atoms with Gasteiger partial charge < -0.3 is 10.2 Å². The van der Waals surface area contributed by atoms with Crippen molar-refractivity contribution in [2.24, 2.45) is 23.7 Å². The normalized spacial score (nSPS) is 25.9. The summed E-state index contributed by atoms with van der Waals surface area (Å²) in [6.45, 7) is 2.62. The quantitative estimate of drug-likeness (QED) is 0.755. The lowest BCUT2D eigenvalue weighted by Gasteiger charge is -2.44. The Bertz CT molecular complexity index is 1020. The lowest BCUT2D eigenvalue weighted by Crippen LogP contribution is -2.67. The second-order valence-corrected chi connectivity index (χ2v) is 10.6. The third kappa shape index (κ3) is 3.64. The Kier molecular flexibility index (Phi) is 4.85. The molecule has 4 nitrogen and oxygen atoms in total. The second kappa shape index (κ2) is 7.75. The summed E-state index contributed by atoms with van der Waals surface area (Å²) in [5.74, 6) is 1.90. The van der Waals surface area contributed by atoms with Gasteiger partial charge in [0, 0.05) is 6.54 Å². The van der Waals surface area contributed by atoms with Gasteiger partial charge in [0.05, 0.1) is 0 Å². The van der Waals surface area contributed by atoms with Crippen molar-refractivity contribution in [1.29, 1.82) is 0 Å². The number of rotatable bonds is 6. The summed E-state index contributed by atoms with van der Waals surface area (Å²) >= 11 is 0. The van der Waals surface area contributed by atoms with Crippen LogP contribution in [0.5, 0.6) is 0 Å². The maximum atomic E-state index is 14.0. The van der Waals surface area contributed by atoms with Gasteiger partial charge in [0.15, 0.2) is 0 Å². The van der Waals surface area contributed by atoms with E-state index in [-0.39, 0.29) is 23.8 Å². The fraction of sp³-hybridized carbons (Fsp3) is 0.500. The Morgan fingerprint density at radius 2 is 1.59 bits per heavy atom. The molecule has 4 heteroatoms. The first-order chi connectivity index (χ1) is 15.6. The smallest absolute Gasteiger partial charge is 0.246 e. The van der Waals surface area contributed by atoms with Crippen molar-refractivity contribution in [2.75, 3.05) is 0 Å². The molecule has 2 aromatic rings. The highest BCUT2D eigenvalue weighted by Crippen LogP contribution is 2.52. The van der Waals surface area contributed by atoms with Crippen LogP contribution in [0.3, 0.4) is 0 Å². The van der Waals surface area contributed by atoms with Crippen LogP contribution in [0.1, 0.15) is 47.9 Å². The van der Waals surface area contributed by atoms with Gasteiger partial charge in [0.2, 0.25) is 11.8 Å². The van der Waals surface area contributed by atoms with Gasteiger partial charge in [0.1, 0.15) is 12.1 Å². The van der Waals surface area contributed by atoms with Crippen molar-refractivity contribution >= 4 is 11.8 Å². The number of carbonyl (C=O) groups excluding carboxylic acids is 2. The molecule has 3 fully saturated rings. The van der Waals surface area contributed by atoms with Crippen LogP contribution in [-0.4, -0.2) is 28.8 Å². The minimum absolute atomic E-state index is 0.0852. The Balaban J connectivity index is 1.32. The van der Waals surface area contributed by atoms with Crippen LogP contribution in [0.15, 0.2) is 48.5 Å². The molecule has 2 aromatic carbocycles. The molecule has 1 aliphatic heterocycles. The van der Waals surface area contributed by atoms with E-state index in [0.29, 0.717) is 24.3 Å². The lowest BCUT2D eigenvalue weighted by molar-refractivity contribution is -0.154. The predicted octanol–water partition coefficient (Wildman–Crippen LogP) is 4.04. The summed E-state index contributed by atoms with van der Waals surface area (Å²) in [7, 11) is 0. The summed E-state index contributed by atoms with van der Waals surface area (Å²) < 4.78 is 0. The molecule has 166 valence electrons. The number of nitrogens with one attached hydrogen (secondary N) is 1. The number of carbonyl (C=O) groups is 2. The molecule has 2 amide bonds. The van der Waals surface area contributed by atoms with Gasteiger partial charge in [-0.2, -0.15) is 0 Å². The molecular formula is C28H32N2O2. The standard InChI is InChI=1S/C28H32N2O2/c1-17-5-4-6-18(13-17)16-30-26(24(19-9-10-19)20-11-12-20)27(31)29-25(28(30)32)23-14-21-7-2-3-8-22(21)15-23/h2-8,13,19-20,23-26H,9-12,14-16H2,1H3,(H,29,31)/t25-,26-/m1/s1. The molecule has 4 aliphatic rings. The molecule has 0 radical (unpaired) electrons. The Morgan fingerprint density at radius 1 is 0.938 bits per heavy atom. The number of hydrogen-bond donors (Lipinski definition) is 1. The average molecular weight is 429 g/mol. The zero-order valence-electron chi connectivity index (χ0n) is 18.8. The van der Waals surface area contributed by atoms with Gasteiger partial charge in [-0.05, 0) is 85.8 Å². The van der Waals surface area contributed by atoms with E-state index in [4.69, 9.17) is 0 Å². The molecular weight excluding hydrogens is 396 g/mol. The first kappa shape index (κ1) is 20.0. The van der Waals surface area contributed by atoms with Crippen molar-refractivity contribution in [3.05, 3.63) is 70.8 Å². The summed E-state index contributed by atoms with van der Waals surface area (Å²) in [6.07, 6.45) is 6.56. The number of hydrogen-bond acceptors (Lipinski definition) is 2. The van der Waals surface area contributed by atoms with Gasteiger partial charge in [-0.1, -0.05) is 54.1 Å². The highest BCUT2D eigenvalue weighted by atomic mass is 16.2. The van der Waals surface area contributed by atoms with Crippen LogP contribution in [-0.2, 0) is 29.0 Å². The number of aryl methyl sites for hydroxylation is 1. The fourth-order valence-electron chi connectivity index (χ4n) is 6.33. The molecule has 0 bridgehead atoms. The minimum atomic E-state index is -0.421. The molecule has 2 atom stereocenters. The summed E-state index contributed by atoms with van der Waals surface area (Å²) in [6, 6.07) is 16.1. The number of benzene rings is 2. The van der Waals surface area contributed by atoms with Crippen LogP contribution in [0.25, 0.3) is 0 Å². The van der Waals surface area contributed by atoms with E-state index in [0.717, 1.165) is 18.4 Å². The highest BCUT2D eigenvalue weighted by Gasteiger charge is 2.54. The van der Waals surface area contributed by atoms with Crippen molar-refractivity contribution in [3.8, 4) is 0 Å². The lowest BCUT2D eigenvalue weighted by atomic mass is 9.83. The Labute approximate surface area is 190 Å². The van der Waals surface area contributed by atoms with Gasteiger partial charge in [0.25, 0.3) is 0 Å². The van der Waals surface area contributed by atoms with E-state index in [1.807, 2.05) is 4.90 Å². The Hall–Kier alpha value is -2.62. The number of piperazine rings is 1. The molecule has 1 N–H and O–H groups in total. The number of fused-ring (bicyclic) bond motifs is 1. The third-order valence-corrected chi connectivity index (χ3v) is 8.14. The zero-order chi connectivity index (χ0) is 21.8. The molecule has 6 rings (SSSR count). The molecule has 2 saturated carbocycles.